The quantitative estimate of drug-likeness (QED) is 0.887. The Morgan fingerprint density at radius 3 is 2.80 bits per heavy atom. The number of ether oxygens (including phenoxy) is 1. The SMILES string of the molecule is CCNc1ccncc1S(=O)(=O)N(C)C1CCOCC1. The van der Waals surface area contributed by atoms with Gasteiger partial charge in [-0.25, -0.2) is 8.42 Å². The van der Waals surface area contributed by atoms with Crippen molar-refractivity contribution in [1.29, 1.82) is 0 Å². The van der Waals surface area contributed by atoms with E-state index >= 15 is 0 Å². The molecule has 1 aliphatic rings. The average Bonchev–Trinajstić information content (AvgIpc) is 2.48. The van der Waals surface area contributed by atoms with Crippen molar-refractivity contribution in [2.45, 2.75) is 30.7 Å². The van der Waals surface area contributed by atoms with Crippen molar-refractivity contribution in [3.8, 4) is 0 Å². The lowest BCUT2D eigenvalue weighted by molar-refractivity contribution is 0.0632. The number of anilines is 1. The van der Waals surface area contributed by atoms with Gasteiger partial charge in [0, 0.05) is 45.2 Å². The van der Waals surface area contributed by atoms with E-state index in [1.54, 1.807) is 19.3 Å². The average molecular weight is 299 g/mol. The summed E-state index contributed by atoms with van der Waals surface area (Å²) in [5.41, 5.74) is 0.599. The van der Waals surface area contributed by atoms with Crippen molar-refractivity contribution >= 4 is 15.7 Å². The Bertz CT molecular complexity index is 542. The number of nitrogens with zero attached hydrogens (tertiary/aromatic N) is 2. The predicted molar refractivity (Wildman–Crippen MR) is 77.2 cm³/mol. The second-order valence-electron chi connectivity index (χ2n) is 4.77. The maximum atomic E-state index is 12.7. The molecular formula is C13H21N3O3S. The zero-order valence-electron chi connectivity index (χ0n) is 11.9. The maximum Gasteiger partial charge on any atom is 0.246 e. The van der Waals surface area contributed by atoms with Crippen LogP contribution >= 0.6 is 0 Å². The van der Waals surface area contributed by atoms with Crippen LogP contribution in [0, 0.1) is 0 Å². The van der Waals surface area contributed by atoms with E-state index in [9.17, 15) is 8.42 Å². The summed E-state index contributed by atoms with van der Waals surface area (Å²) in [7, 11) is -1.91. The van der Waals surface area contributed by atoms with Crippen molar-refractivity contribution in [1.82, 2.24) is 9.29 Å². The highest BCUT2D eigenvalue weighted by atomic mass is 32.2. The van der Waals surface area contributed by atoms with Crippen molar-refractivity contribution in [3.05, 3.63) is 18.5 Å². The van der Waals surface area contributed by atoms with Gasteiger partial charge in [-0.1, -0.05) is 0 Å². The zero-order valence-corrected chi connectivity index (χ0v) is 12.7. The van der Waals surface area contributed by atoms with E-state index in [1.165, 1.54) is 10.5 Å². The van der Waals surface area contributed by atoms with Crippen LogP contribution in [-0.4, -0.2) is 50.6 Å². The summed E-state index contributed by atoms with van der Waals surface area (Å²) in [6.07, 6.45) is 4.45. The Morgan fingerprint density at radius 1 is 1.45 bits per heavy atom. The summed E-state index contributed by atoms with van der Waals surface area (Å²) >= 11 is 0. The topological polar surface area (TPSA) is 71.5 Å². The number of hydrogen-bond acceptors (Lipinski definition) is 5. The Kier molecular flexibility index (Phi) is 4.95. The Hall–Kier alpha value is -1.18. The van der Waals surface area contributed by atoms with Gasteiger partial charge in [0.15, 0.2) is 0 Å². The van der Waals surface area contributed by atoms with Crippen molar-refractivity contribution in [3.63, 3.8) is 0 Å². The summed E-state index contributed by atoms with van der Waals surface area (Å²) in [5.74, 6) is 0. The first-order valence-electron chi connectivity index (χ1n) is 6.81. The molecule has 1 aromatic rings. The highest BCUT2D eigenvalue weighted by molar-refractivity contribution is 7.89. The van der Waals surface area contributed by atoms with Gasteiger partial charge in [-0.3, -0.25) is 4.98 Å². The van der Waals surface area contributed by atoms with Crippen molar-refractivity contribution < 1.29 is 13.2 Å². The molecule has 0 saturated carbocycles. The second-order valence-corrected chi connectivity index (χ2v) is 6.73. The number of nitrogens with one attached hydrogen (secondary N) is 1. The van der Waals surface area contributed by atoms with Gasteiger partial charge in [0.1, 0.15) is 4.90 Å². The second kappa shape index (κ2) is 6.51. The molecular weight excluding hydrogens is 278 g/mol. The molecule has 1 aliphatic heterocycles. The summed E-state index contributed by atoms with van der Waals surface area (Å²) in [6.45, 7) is 3.81. The molecule has 1 fully saturated rings. The van der Waals surface area contributed by atoms with Gasteiger partial charge in [-0.2, -0.15) is 4.31 Å². The maximum absolute atomic E-state index is 12.7. The molecule has 0 atom stereocenters. The molecule has 1 aromatic heterocycles. The molecule has 0 amide bonds. The minimum atomic E-state index is -3.54. The highest BCUT2D eigenvalue weighted by Crippen LogP contribution is 2.26. The summed E-state index contributed by atoms with van der Waals surface area (Å²) in [6, 6.07) is 1.68. The first-order chi connectivity index (χ1) is 9.57. The van der Waals surface area contributed by atoms with E-state index in [4.69, 9.17) is 4.74 Å². The van der Waals surface area contributed by atoms with Gasteiger partial charge < -0.3 is 10.1 Å². The Balaban J connectivity index is 2.29. The summed E-state index contributed by atoms with van der Waals surface area (Å²) in [5, 5.41) is 3.07. The molecule has 2 heterocycles. The first kappa shape index (κ1) is 15.2. The normalized spacial score (nSPS) is 17.4. The van der Waals surface area contributed by atoms with Crippen LogP contribution in [0.3, 0.4) is 0 Å². The number of sulfonamides is 1. The minimum Gasteiger partial charge on any atom is -0.384 e. The molecule has 0 aromatic carbocycles. The molecule has 20 heavy (non-hydrogen) atoms. The van der Waals surface area contributed by atoms with E-state index in [-0.39, 0.29) is 10.9 Å². The third kappa shape index (κ3) is 3.11. The Labute approximate surface area is 120 Å². The van der Waals surface area contributed by atoms with Gasteiger partial charge in [-0.15, -0.1) is 0 Å². The Morgan fingerprint density at radius 2 is 2.15 bits per heavy atom. The standard InChI is InChI=1S/C13H21N3O3S/c1-3-15-12-4-7-14-10-13(12)20(17,18)16(2)11-5-8-19-9-6-11/h4,7,10-11H,3,5-6,8-9H2,1-2H3,(H,14,15). The van der Waals surface area contributed by atoms with E-state index in [2.05, 4.69) is 10.3 Å². The molecule has 0 spiro atoms. The molecule has 1 N–H and O–H groups in total. The fourth-order valence-electron chi connectivity index (χ4n) is 2.32. The van der Waals surface area contributed by atoms with Gasteiger partial charge >= 0.3 is 0 Å². The molecule has 0 unspecified atom stereocenters. The predicted octanol–water partition coefficient (Wildman–Crippen LogP) is 1.31. The van der Waals surface area contributed by atoms with Crippen LogP contribution in [0.25, 0.3) is 0 Å². The number of rotatable bonds is 5. The third-order valence-electron chi connectivity index (χ3n) is 3.51. The molecule has 0 radical (unpaired) electrons. The van der Waals surface area contributed by atoms with Gasteiger partial charge in [0.05, 0.1) is 5.69 Å². The lowest BCUT2D eigenvalue weighted by Crippen LogP contribution is -2.40. The van der Waals surface area contributed by atoms with Crippen molar-refractivity contribution in [2.75, 3.05) is 32.1 Å². The fourth-order valence-corrected chi connectivity index (χ4v) is 3.85. The molecule has 2 rings (SSSR count). The van der Waals surface area contributed by atoms with Gasteiger partial charge in [0.2, 0.25) is 10.0 Å². The smallest absolute Gasteiger partial charge is 0.246 e. The van der Waals surface area contributed by atoms with Gasteiger partial charge in [0.25, 0.3) is 0 Å². The lowest BCUT2D eigenvalue weighted by Gasteiger charge is -2.30. The number of hydrogen-bond donors (Lipinski definition) is 1. The monoisotopic (exact) mass is 299 g/mol. The van der Waals surface area contributed by atoms with Crippen LogP contribution in [0.4, 0.5) is 5.69 Å². The third-order valence-corrected chi connectivity index (χ3v) is 5.45. The van der Waals surface area contributed by atoms with E-state index in [1.807, 2.05) is 6.92 Å². The summed E-state index contributed by atoms with van der Waals surface area (Å²) < 4.78 is 32.2. The molecule has 6 nitrogen and oxygen atoms in total. The molecule has 0 bridgehead atoms. The van der Waals surface area contributed by atoms with Crippen LogP contribution in [-0.2, 0) is 14.8 Å². The summed E-state index contributed by atoms with van der Waals surface area (Å²) in [4.78, 5) is 4.18. The van der Waals surface area contributed by atoms with Crippen LogP contribution in [0.15, 0.2) is 23.4 Å². The van der Waals surface area contributed by atoms with Crippen molar-refractivity contribution in [2.24, 2.45) is 0 Å². The first-order valence-corrected chi connectivity index (χ1v) is 8.25. The van der Waals surface area contributed by atoms with E-state index in [0.29, 0.717) is 25.4 Å². The number of aromatic nitrogens is 1. The van der Waals surface area contributed by atoms with Gasteiger partial charge in [-0.05, 0) is 25.8 Å². The molecule has 112 valence electrons. The minimum absolute atomic E-state index is 0.0107. The molecule has 7 heteroatoms. The molecule has 1 saturated heterocycles. The van der Waals surface area contributed by atoms with Crippen LogP contribution in [0.1, 0.15) is 19.8 Å². The van der Waals surface area contributed by atoms with E-state index < -0.39 is 10.0 Å². The van der Waals surface area contributed by atoms with E-state index in [0.717, 1.165) is 12.8 Å². The zero-order chi connectivity index (χ0) is 14.6. The number of pyridine rings is 1. The largest absolute Gasteiger partial charge is 0.384 e. The molecule has 0 aliphatic carbocycles. The lowest BCUT2D eigenvalue weighted by atomic mass is 10.1. The highest BCUT2D eigenvalue weighted by Gasteiger charge is 2.31. The van der Waals surface area contributed by atoms with Crippen LogP contribution in [0.5, 0.6) is 0 Å². The van der Waals surface area contributed by atoms with Crippen LogP contribution in [0.2, 0.25) is 0 Å². The fraction of sp³-hybridized carbons (Fsp3) is 0.615. The van der Waals surface area contributed by atoms with Crippen LogP contribution < -0.4 is 5.32 Å².